The van der Waals surface area contributed by atoms with E-state index in [2.05, 4.69) is 19.9 Å². The SMILES string of the molecule is Nc1nccc(-n2c(=O)[nH]c3nc(Cl)cnc3c2=O)c1Cl. The molecule has 0 unspecified atom stereocenters. The molecule has 0 aliphatic heterocycles. The fraction of sp³-hybridized carbons (Fsp3) is 0. The summed E-state index contributed by atoms with van der Waals surface area (Å²) in [6, 6.07) is 1.39. The van der Waals surface area contributed by atoms with Crippen molar-refractivity contribution in [1.29, 1.82) is 0 Å². The van der Waals surface area contributed by atoms with Crippen molar-refractivity contribution >= 4 is 40.2 Å². The lowest BCUT2D eigenvalue weighted by Crippen LogP contribution is -2.34. The van der Waals surface area contributed by atoms with Crippen LogP contribution in [0.25, 0.3) is 16.9 Å². The summed E-state index contributed by atoms with van der Waals surface area (Å²) in [6.45, 7) is 0. The molecular formula is C11H6Cl2N6O2. The molecule has 3 aromatic heterocycles. The highest BCUT2D eigenvalue weighted by atomic mass is 35.5. The van der Waals surface area contributed by atoms with Crippen LogP contribution in [-0.4, -0.2) is 24.5 Å². The van der Waals surface area contributed by atoms with Crippen LogP contribution < -0.4 is 17.0 Å². The number of halogens is 2. The van der Waals surface area contributed by atoms with Crippen LogP contribution in [0.3, 0.4) is 0 Å². The van der Waals surface area contributed by atoms with Crippen LogP contribution in [0.4, 0.5) is 5.82 Å². The Hall–Kier alpha value is -2.45. The van der Waals surface area contributed by atoms with Crippen LogP contribution in [0.2, 0.25) is 10.2 Å². The van der Waals surface area contributed by atoms with Gasteiger partial charge in [-0.05, 0) is 6.07 Å². The molecule has 0 saturated heterocycles. The molecule has 0 spiro atoms. The Morgan fingerprint density at radius 3 is 2.76 bits per heavy atom. The largest absolute Gasteiger partial charge is 0.382 e. The summed E-state index contributed by atoms with van der Waals surface area (Å²) in [5, 5.41) is 0.0489. The minimum absolute atomic E-state index is 0.00255. The highest BCUT2D eigenvalue weighted by Gasteiger charge is 2.15. The Morgan fingerprint density at radius 2 is 2.00 bits per heavy atom. The normalized spacial score (nSPS) is 11.0. The van der Waals surface area contributed by atoms with Gasteiger partial charge in [-0.15, -0.1) is 0 Å². The summed E-state index contributed by atoms with van der Waals surface area (Å²) < 4.78 is 0.811. The summed E-state index contributed by atoms with van der Waals surface area (Å²) in [7, 11) is 0. The van der Waals surface area contributed by atoms with E-state index in [9.17, 15) is 9.59 Å². The zero-order chi connectivity index (χ0) is 15.1. The number of aromatic nitrogens is 5. The number of nitrogen functional groups attached to an aromatic ring is 1. The third-order valence-electron chi connectivity index (χ3n) is 2.71. The van der Waals surface area contributed by atoms with E-state index in [0.717, 1.165) is 4.57 Å². The van der Waals surface area contributed by atoms with E-state index >= 15 is 0 Å². The maximum Gasteiger partial charge on any atom is 0.334 e. The van der Waals surface area contributed by atoms with E-state index in [1.807, 2.05) is 0 Å². The van der Waals surface area contributed by atoms with Gasteiger partial charge in [0.25, 0.3) is 5.56 Å². The maximum absolute atomic E-state index is 12.4. The lowest BCUT2D eigenvalue weighted by molar-refractivity contribution is 0.886. The molecule has 10 heteroatoms. The number of anilines is 1. The van der Waals surface area contributed by atoms with Gasteiger partial charge in [-0.25, -0.2) is 24.3 Å². The molecule has 3 heterocycles. The predicted octanol–water partition coefficient (Wildman–Crippen LogP) is 0.753. The van der Waals surface area contributed by atoms with Crippen molar-refractivity contribution < 1.29 is 0 Å². The number of nitrogens with one attached hydrogen (secondary N) is 1. The molecule has 3 aromatic rings. The predicted molar refractivity (Wildman–Crippen MR) is 78.0 cm³/mol. The van der Waals surface area contributed by atoms with Crippen molar-refractivity contribution in [2.24, 2.45) is 0 Å². The maximum atomic E-state index is 12.4. The third kappa shape index (κ3) is 2.14. The van der Waals surface area contributed by atoms with Gasteiger partial charge in [0.15, 0.2) is 11.2 Å². The lowest BCUT2D eigenvalue weighted by Gasteiger charge is -2.08. The molecule has 106 valence electrons. The Morgan fingerprint density at radius 1 is 1.24 bits per heavy atom. The third-order valence-corrected chi connectivity index (χ3v) is 3.28. The summed E-state index contributed by atoms with van der Waals surface area (Å²) in [5.74, 6) is 0.00255. The molecule has 0 radical (unpaired) electrons. The molecule has 0 amide bonds. The summed E-state index contributed by atoms with van der Waals surface area (Å²) in [4.78, 5) is 38.4. The molecule has 21 heavy (non-hydrogen) atoms. The van der Waals surface area contributed by atoms with Crippen LogP contribution in [0.5, 0.6) is 0 Å². The Balaban J connectivity index is 2.44. The number of pyridine rings is 1. The minimum Gasteiger partial charge on any atom is -0.382 e. The van der Waals surface area contributed by atoms with Gasteiger partial charge in [-0.1, -0.05) is 23.2 Å². The van der Waals surface area contributed by atoms with E-state index < -0.39 is 11.2 Å². The summed E-state index contributed by atoms with van der Waals surface area (Å²) >= 11 is 11.7. The van der Waals surface area contributed by atoms with E-state index in [-0.39, 0.29) is 32.8 Å². The van der Waals surface area contributed by atoms with Gasteiger partial charge in [0.05, 0.1) is 11.9 Å². The number of H-pyrrole nitrogens is 1. The first kappa shape index (κ1) is 13.5. The van der Waals surface area contributed by atoms with Gasteiger partial charge in [-0.3, -0.25) is 9.78 Å². The number of nitrogens with zero attached hydrogens (tertiary/aromatic N) is 4. The average Bonchev–Trinajstić information content (AvgIpc) is 2.43. The number of fused-ring (bicyclic) bond motifs is 1. The second kappa shape index (κ2) is 4.83. The Kier molecular flexibility index (Phi) is 3.11. The van der Waals surface area contributed by atoms with E-state index in [4.69, 9.17) is 28.9 Å². The van der Waals surface area contributed by atoms with Gasteiger partial charge < -0.3 is 5.73 Å². The molecule has 0 saturated carbocycles. The number of rotatable bonds is 1. The first-order chi connectivity index (χ1) is 9.99. The number of hydrogen-bond donors (Lipinski definition) is 2. The van der Waals surface area contributed by atoms with Crippen LogP contribution >= 0.6 is 23.2 Å². The van der Waals surface area contributed by atoms with Gasteiger partial charge >= 0.3 is 5.69 Å². The number of nitrogens with two attached hydrogens (primary N) is 1. The average molecular weight is 325 g/mol. The first-order valence-electron chi connectivity index (χ1n) is 5.57. The first-order valence-corrected chi connectivity index (χ1v) is 6.32. The minimum atomic E-state index is -0.739. The second-order valence-corrected chi connectivity index (χ2v) is 4.76. The monoisotopic (exact) mass is 324 g/mol. The molecule has 0 atom stereocenters. The summed E-state index contributed by atoms with van der Waals surface area (Å²) in [5.41, 5.74) is 4.19. The number of aromatic amines is 1. The van der Waals surface area contributed by atoms with E-state index in [1.165, 1.54) is 18.5 Å². The van der Waals surface area contributed by atoms with Crippen LogP contribution in [-0.2, 0) is 0 Å². The van der Waals surface area contributed by atoms with Gasteiger partial charge in [0.1, 0.15) is 16.0 Å². The smallest absolute Gasteiger partial charge is 0.334 e. The highest BCUT2D eigenvalue weighted by molar-refractivity contribution is 6.34. The molecule has 8 nitrogen and oxygen atoms in total. The molecular weight excluding hydrogens is 319 g/mol. The van der Waals surface area contributed by atoms with Gasteiger partial charge in [0.2, 0.25) is 0 Å². The molecule has 0 aromatic carbocycles. The van der Waals surface area contributed by atoms with Crippen molar-refractivity contribution in [2.45, 2.75) is 0 Å². The van der Waals surface area contributed by atoms with Gasteiger partial charge in [-0.2, -0.15) is 0 Å². The van der Waals surface area contributed by atoms with E-state index in [0.29, 0.717) is 0 Å². The van der Waals surface area contributed by atoms with Gasteiger partial charge in [0, 0.05) is 6.20 Å². The highest BCUT2D eigenvalue weighted by Crippen LogP contribution is 2.22. The van der Waals surface area contributed by atoms with E-state index in [1.54, 1.807) is 0 Å². The molecule has 0 fully saturated rings. The molecule has 0 bridgehead atoms. The van der Waals surface area contributed by atoms with Crippen molar-refractivity contribution in [1.82, 2.24) is 24.5 Å². The van der Waals surface area contributed by atoms with Crippen LogP contribution in [0.1, 0.15) is 0 Å². The molecule has 3 N–H and O–H groups in total. The topological polar surface area (TPSA) is 120 Å². The second-order valence-electron chi connectivity index (χ2n) is 3.99. The quantitative estimate of drug-likeness (QED) is 0.681. The van der Waals surface area contributed by atoms with Crippen molar-refractivity contribution in [3.8, 4) is 5.69 Å². The molecule has 0 aliphatic rings. The van der Waals surface area contributed by atoms with Crippen molar-refractivity contribution in [3.63, 3.8) is 0 Å². The fourth-order valence-corrected chi connectivity index (χ4v) is 2.14. The lowest BCUT2D eigenvalue weighted by atomic mass is 10.3. The van der Waals surface area contributed by atoms with Crippen molar-refractivity contribution in [3.05, 3.63) is 49.5 Å². The summed E-state index contributed by atoms with van der Waals surface area (Å²) in [6.07, 6.45) is 2.54. The fourth-order valence-electron chi connectivity index (χ4n) is 1.81. The van der Waals surface area contributed by atoms with Crippen LogP contribution in [0, 0.1) is 0 Å². The zero-order valence-electron chi connectivity index (χ0n) is 10.2. The number of hydrogen-bond acceptors (Lipinski definition) is 6. The van der Waals surface area contributed by atoms with Crippen LogP contribution in [0.15, 0.2) is 28.0 Å². The Labute approximate surface area is 126 Å². The zero-order valence-corrected chi connectivity index (χ0v) is 11.7. The molecule has 0 aliphatic carbocycles. The Bertz CT molecular complexity index is 981. The molecule has 3 rings (SSSR count). The van der Waals surface area contributed by atoms with Crippen molar-refractivity contribution in [2.75, 3.05) is 5.73 Å². The standard InChI is InChI=1S/C11H6Cl2N6O2/c12-5-3-16-7-9(17-5)18-11(21)19(10(7)20)4-1-2-15-8(14)6(4)13/h1-3H,(H2,14,15)(H,17,18,21).